The van der Waals surface area contributed by atoms with Gasteiger partial charge in [0.2, 0.25) is 0 Å². The Kier molecular flexibility index (Phi) is 4.53. The first-order valence-electron chi connectivity index (χ1n) is 4.75. The van der Waals surface area contributed by atoms with Crippen LogP contribution in [0.5, 0.6) is 0 Å². The van der Waals surface area contributed by atoms with Crippen LogP contribution in [0, 0.1) is 6.92 Å². The SMILES string of the molecule is CCC/C=N/S(=O)c1ccc(C)cc1. The Balaban J connectivity index is 2.65. The Hall–Kier alpha value is -0.960. The number of nitrogens with zero attached hydrogens (tertiary/aromatic N) is 1. The summed E-state index contributed by atoms with van der Waals surface area (Å²) in [6.45, 7) is 4.08. The first kappa shape index (κ1) is 11.1. The highest BCUT2D eigenvalue weighted by Gasteiger charge is 1.98. The van der Waals surface area contributed by atoms with E-state index in [9.17, 15) is 4.21 Å². The van der Waals surface area contributed by atoms with E-state index in [0.29, 0.717) is 0 Å². The molecule has 0 aliphatic heterocycles. The second-order valence-corrected chi connectivity index (χ2v) is 4.32. The number of rotatable bonds is 4. The minimum atomic E-state index is -1.22. The second-order valence-electron chi connectivity index (χ2n) is 3.14. The molecule has 1 aromatic carbocycles. The molecular formula is C11H15NOS. The summed E-state index contributed by atoms with van der Waals surface area (Å²) in [6, 6.07) is 7.61. The van der Waals surface area contributed by atoms with Crippen LogP contribution in [0.1, 0.15) is 25.3 Å². The van der Waals surface area contributed by atoms with E-state index in [-0.39, 0.29) is 0 Å². The number of aryl methyl sites for hydroxylation is 1. The molecule has 3 heteroatoms. The van der Waals surface area contributed by atoms with Crippen molar-refractivity contribution in [2.45, 2.75) is 31.6 Å². The van der Waals surface area contributed by atoms with Gasteiger partial charge in [-0.15, -0.1) is 0 Å². The van der Waals surface area contributed by atoms with E-state index in [0.717, 1.165) is 17.7 Å². The molecule has 0 radical (unpaired) electrons. The Bertz CT molecular complexity index is 330. The maximum Gasteiger partial charge on any atom is 0.172 e. The van der Waals surface area contributed by atoms with E-state index < -0.39 is 11.0 Å². The molecule has 0 bridgehead atoms. The zero-order valence-electron chi connectivity index (χ0n) is 8.56. The van der Waals surface area contributed by atoms with Crippen LogP contribution >= 0.6 is 0 Å². The molecule has 0 N–H and O–H groups in total. The summed E-state index contributed by atoms with van der Waals surface area (Å²) in [6.07, 6.45) is 3.65. The molecule has 0 amide bonds. The molecule has 0 saturated heterocycles. The highest BCUT2D eigenvalue weighted by Crippen LogP contribution is 2.08. The lowest BCUT2D eigenvalue weighted by Gasteiger charge is -1.96. The summed E-state index contributed by atoms with van der Waals surface area (Å²) in [4.78, 5) is 0.767. The molecule has 14 heavy (non-hydrogen) atoms. The van der Waals surface area contributed by atoms with Gasteiger partial charge in [0.05, 0.1) is 4.90 Å². The third kappa shape index (κ3) is 3.42. The van der Waals surface area contributed by atoms with Crippen LogP contribution in [0.3, 0.4) is 0 Å². The van der Waals surface area contributed by atoms with Crippen molar-refractivity contribution in [2.24, 2.45) is 4.40 Å². The molecule has 0 heterocycles. The van der Waals surface area contributed by atoms with E-state index in [1.807, 2.05) is 31.2 Å². The van der Waals surface area contributed by atoms with E-state index in [1.165, 1.54) is 5.56 Å². The van der Waals surface area contributed by atoms with Crippen LogP contribution in [-0.2, 0) is 11.0 Å². The maximum absolute atomic E-state index is 11.5. The predicted octanol–water partition coefficient (Wildman–Crippen LogP) is 2.89. The zero-order chi connectivity index (χ0) is 10.4. The van der Waals surface area contributed by atoms with Gasteiger partial charge in [-0.2, -0.15) is 4.40 Å². The van der Waals surface area contributed by atoms with Gasteiger partial charge in [-0.05, 0) is 25.5 Å². The highest BCUT2D eigenvalue weighted by atomic mass is 32.2. The Morgan fingerprint density at radius 2 is 2.00 bits per heavy atom. The molecule has 0 aliphatic rings. The summed E-state index contributed by atoms with van der Waals surface area (Å²) in [5, 5.41) is 0. The van der Waals surface area contributed by atoms with Gasteiger partial charge in [0, 0.05) is 6.21 Å². The number of hydrogen-bond donors (Lipinski definition) is 0. The maximum atomic E-state index is 11.5. The van der Waals surface area contributed by atoms with Crippen molar-refractivity contribution in [2.75, 3.05) is 0 Å². The molecule has 0 fully saturated rings. The van der Waals surface area contributed by atoms with Crippen molar-refractivity contribution in [3.63, 3.8) is 0 Å². The molecule has 1 rings (SSSR count). The van der Waals surface area contributed by atoms with Gasteiger partial charge >= 0.3 is 0 Å². The molecule has 0 spiro atoms. The molecule has 2 nitrogen and oxygen atoms in total. The lowest BCUT2D eigenvalue weighted by Crippen LogP contribution is -1.87. The fraction of sp³-hybridized carbons (Fsp3) is 0.364. The van der Waals surface area contributed by atoms with Gasteiger partial charge in [0.25, 0.3) is 0 Å². The first-order chi connectivity index (χ1) is 6.74. The van der Waals surface area contributed by atoms with Gasteiger partial charge in [0.1, 0.15) is 0 Å². The molecule has 1 atom stereocenters. The standard InChI is InChI=1S/C11H15NOS/c1-3-4-9-12-14(13)11-7-5-10(2)6-8-11/h5-9H,3-4H2,1-2H3/b12-9+. The van der Waals surface area contributed by atoms with Crippen molar-refractivity contribution >= 4 is 17.2 Å². The second kappa shape index (κ2) is 5.70. The average Bonchev–Trinajstić information content (AvgIpc) is 2.19. The van der Waals surface area contributed by atoms with Gasteiger partial charge in [0.15, 0.2) is 11.0 Å². The van der Waals surface area contributed by atoms with E-state index in [4.69, 9.17) is 0 Å². The largest absolute Gasteiger partial charge is 0.230 e. The molecule has 0 aliphatic carbocycles. The fourth-order valence-electron chi connectivity index (χ4n) is 0.965. The number of benzene rings is 1. The quantitative estimate of drug-likeness (QED) is 0.701. The van der Waals surface area contributed by atoms with Crippen LogP contribution in [0.15, 0.2) is 33.6 Å². The van der Waals surface area contributed by atoms with E-state index in [2.05, 4.69) is 11.3 Å². The van der Waals surface area contributed by atoms with Crippen LogP contribution in [0.4, 0.5) is 0 Å². The van der Waals surface area contributed by atoms with E-state index in [1.54, 1.807) is 6.21 Å². The van der Waals surface area contributed by atoms with Crippen molar-refractivity contribution in [1.82, 2.24) is 0 Å². The third-order valence-corrected chi connectivity index (χ3v) is 2.83. The van der Waals surface area contributed by atoms with Crippen LogP contribution in [-0.4, -0.2) is 10.4 Å². The van der Waals surface area contributed by atoms with Crippen molar-refractivity contribution in [1.29, 1.82) is 0 Å². The summed E-state index contributed by atoms with van der Waals surface area (Å²) in [5.74, 6) is 0. The minimum absolute atomic E-state index is 0.767. The van der Waals surface area contributed by atoms with Gasteiger partial charge in [-0.3, -0.25) is 0 Å². The first-order valence-corrected chi connectivity index (χ1v) is 5.86. The Morgan fingerprint density at radius 1 is 1.36 bits per heavy atom. The fourth-order valence-corrected chi connectivity index (χ4v) is 1.70. The van der Waals surface area contributed by atoms with Crippen LogP contribution in [0.25, 0.3) is 0 Å². The summed E-state index contributed by atoms with van der Waals surface area (Å²) >= 11 is 0. The van der Waals surface area contributed by atoms with Gasteiger partial charge in [-0.1, -0.05) is 31.0 Å². The summed E-state index contributed by atoms with van der Waals surface area (Å²) in [7, 11) is -1.22. The summed E-state index contributed by atoms with van der Waals surface area (Å²) < 4.78 is 15.5. The molecule has 1 unspecified atom stereocenters. The third-order valence-electron chi connectivity index (χ3n) is 1.81. The minimum Gasteiger partial charge on any atom is -0.230 e. The van der Waals surface area contributed by atoms with E-state index >= 15 is 0 Å². The topological polar surface area (TPSA) is 29.4 Å². The monoisotopic (exact) mass is 209 g/mol. The molecule has 0 aromatic heterocycles. The average molecular weight is 209 g/mol. The lowest BCUT2D eigenvalue weighted by atomic mass is 10.2. The van der Waals surface area contributed by atoms with Crippen molar-refractivity contribution in [3.05, 3.63) is 29.8 Å². The normalized spacial score (nSPS) is 13.3. The smallest absolute Gasteiger partial charge is 0.172 e. The molecule has 0 saturated carbocycles. The Labute approximate surface area is 87.7 Å². The molecular weight excluding hydrogens is 194 g/mol. The Morgan fingerprint density at radius 3 is 2.57 bits per heavy atom. The number of unbranched alkanes of at least 4 members (excludes halogenated alkanes) is 1. The highest BCUT2D eigenvalue weighted by molar-refractivity contribution is 7.83. The van der Waals surface area contributed by atoms with Crippen molar-refractivity contribution in [3.8, 4) is 0 Å². The molecule has 76 valence electrons. The van der Waals surface area contributed by atoms with Crippen molar-refractivity contribution < 1.29 is 4.21 Å². The van der Waals surface area contributed by atoms with Gasteiger partial charge < -0.3 is 0 Å². The van der Waals surface area contributed by atoms with Crippen LogP contribution in [0.2, 0.25) is 0 Å². The zero-order valence-corrected chi connectivity index (χ0v) is 9.38. The molecule has 1 aromatic rings. The summed E-state index contributed by atoms with van der Waals surface area (Å²) in [5.41, 5.74) is 1.17. The predicted molar refractivity (Wildman–Crippen MR) is 61.0 cm³/mol. The van der Waals surface area contributed by atoms with Gasteiger partial charge in [-0.25, -0.2) is 4.21 Å². The van der Waals surface area contributed by atoms with Crippen LogP contribution < -0.4 is 0 Å². The lowest BCUT2D eigenvalue weighted by molar-refractivity contribution is 0.684. The number of hydrogen-bond acceptors (Lipinski definition) is 1.